The molecule has 0 atom stereocenters. The number of hydrogen-bond acceptors (Lipinski definition) is 6. The first-order chi connectivity index (χ1) is 12.9. The van der Waals surface area contributed by atoms with E-state index in [-0.39, 0.29) is 22.1 Å². The van der Waals surface area contributed by atoms with Gasteiger partial charge in [0.2, 0.25) is 5.91 Å². The van der Waals surface area contributed by atoms with Gasteiger partial charge in [-0.25, -0.2) is 0 Å². The van der Waals surface area contributed by atoms with E-state index in [0.717, 1.165) is 18.8 Å². The van der Waals surface area contributed by atoms with Crippen molar-refractivity contribution in [1.82, 2.24) is 4.90 Å². The van der Waals surface area contributed by atoms with Crippen LogP contribution in [0, 0.1) is 11.3 Å². The lowest BCUT2D eigenvalue weighted by molar-refractivity contribution is -0.129. The third-order valence-corrected chi connectivity index (χ3v) is 5.63. The molecule has 8 heteroatoms. The number of hydrogen-bond donors (Lipinski definition) is 0. The van der Waals surface area contributed by atoms with Gasteiger partial charge in [0.1, 0.15) is 10.6 Å². The third-order valence-electron chi connectivity index (χ3n) is 4.38. The summed E-state index contributed by atoms with van der Waals surface area (Å²) in [5, 5.41) is 8.91. The molecule has 0 aromatic heterocycles. The maximum absolute atomic E-state index is 12.4. The van der Waals surface area contributed by atoms with Gasteiger partial charge in [0.25, 0.3) is 0 Å². The van der Waals surface area contributed by atoms with Gasteiger partial charge in [-0.3, -0.25) is 4.79 Å². The van der Waals surface area contributed by atoms with Crippen molar-refractivity contribution in [1.29, 1.82) is 5.26 Å². The minimum Gasteiger partial charge on any atom is -0.379 e. The zero-order valence-electron chi connectivity index (χ0n) is 14.8. The number of anilines is 1. The molecule has 0 unspecified atom stereocenters. The summed E-state index contributed by atoms with van der Waals surface area (Å²) >= 11 is 0. The van der Waals surface area contributed by atoms with E-state index in [4.69, 9.17) is 9.44 Å². The Labute approximate surface area is 158 Å². The zero-order valence-corrected chi connectivity index (χ0v) is 15.6. The summed E-state index contributed by atoms with van der Waals surface area (Å²) in [6, 6.07) is 14.4. The Bertz CT molecular complexity index is 973. The molecule has 1 aliphatic rings. The Hall–Kier alpha value is -3.05. The summed E-state index contributed by atoms with van der Waals surface area (Å²) in [5.41, 5.74) is 1.19. The van der Waals surface area contributed by atoms with Crippen molar-refractivity contribution < 1.29 is 17.4 Å². The first-order valence-electron chi connectivity index (χ1n) is 8.44. The monoisotopic (exact) mass is 385 g/mol. The van der Waals surface area contributed by atoms with Crippen LogP contribution in [0.15, 0.2) is 53.4 Å². The second-order valence-corrected chi connectivity index (χ2v) is 7.71. The van der Waals surface area contributed by atoms with E-state index >= 15 is 0 Å². The Morgan fingerprint density at radius 3 is 2.33 bits per heavy atom. The summed E-state index contributed by atoms with van der Waals surface area (Å²) in [7, 11) is -4.01. The van der Waals surface area contributed by atoms with E-state index in [1.54, 1.807) is 36.1 Å². The maximum Gasteiger partial charge on any atom is 0.339 e. The Balaban J connectivity index is 1.69. The molecule has 0 aliphatic carbocycles. The van der Waals surface area contributed by atoms with Crippen molar-refractivity contribution in [2.75, 3.05) is 31.1 Å². The van der Waals surface area contributed by atoms with Crippen LogP contribution in [0.1, 0.15) is 12.5 Å². The molecule has 3 rings (SSSR count). The van der Waals surface area contributed by atoms with Crippen molar-refractivity contribution in [2.24, 2.45) is 0 Å². The van der Waals surface area contributed by atoms with E-state index in [1.165, 1.54) is 24.3 Å². The number of benzene rings is 2. The standard InChI is InChI=1S/C19H19N3O4S/c1-15(23)21-9-11-22(12-10-21)17-5-7-18(8-6-17)26-27(24,25)19-4-2-3-16(13-19)14-20/h2-8,13H,9-12H2,1H3. The molecular formula is C19H19N3O4S. The number of nitriles is 1. The number of piperazine rings is 1. The van der Waals surface area contributed by atoms with Crippen molar-refractivity contribution in [3.8, 4) is 11.8 Å². The number of carbonyl (C=O) groups is 1. The molecule has 0 bridgehead atoms. The molecule has 27 heavy (non-hydrogen) atoms. The van der Waals surface area contributed by atoms with Crippen LogP contribution in [0.25, 0.3) is 0 Å². The van der Waals surface area contributed by atoms with Crippen LogP contribution in [-0.4, -0.2) is 45.4 Å². The molecular weight excluding hydrogens is 366 g/mol. The number of amides is 1. The van der Waals surface area contributed by atoms with Crippen LogP contribution in [0.3, 0.4) is 0 Å². The number of nitrogens with zero attached hydrogens (tertiary/aromatic N) is 3. The molecule has 1 fully saturated rings. The van der Waals surface area contributed by atoms with Crippen molar-refractivity contribution in [3.63, 3.8) is 0 Å². The summed E-state index contributed by atoms with van der Waals surface area (Å²) < 4.78 is 29.9. The maximum atomic E-state index is 12.4. The molecule has 0 N–H and O–H groups in total. The highest BCUT2D eigenvalue weighted by Crippen LogP contribution is 2.24. The van der Waals surface area contributed by atoms with Gasteiger partial charge >= 0.3 is 10.1 Å². The average molecular weight is 385 g/mol. The molecule has 0 radical (unpaired) electrons. The van der Waals surface area contributed by atoms with Crippen LogP contribution >= 0.6 is 0 Å². The SMILES string of the molecule is CC(=O)N1CCN(c2ccc(OS(=O)(=O)c3cccc(C#N)c3)cc2)CC1. The highest BCUT2D eigenvalue weighted by molar-refractivity contribution is 7.87. The lowest BCUT2D eigenvalue weighted by Gasteiger charge is -2.35. The quantitative estimate of drug-likeness (QED) is 0.748. The highest BCUT2D eigenvalue weighted by Gasteiger charge is 2.20. The van der Waals surface area contributed by atoms with Gasteiger partial charge in [-0.15, -0.1) is 0 Å². The minimum atomic E-state index is -4.01. The number of carbonyl (C=O) groups excluding carboxylic acids is 1. The fraction of sp³-hybridized carbons (Fsp3) is 0.263. The second-order valence-electron chi connectivity index (χ2n) is 6.16. The average Bonchev–Trinajstić information content (AvgIpc) is 2.68. The molecule has 1 heterocycles. The first kappa shape index (κ1) is 18.7. The van der Waals surface area contributed by atoms with E-state index in [0.29, 0.717) is 13.1 Å². The second kappa shape index (κ2) is 7.68. The van der Waals surface area contributed by atoms with E-state index < -0.39 is 10.1 Å². The predicted octanol–water partition coefficient (Wildman–Crippen LogP) is 1.99. The number of rotatable bonds is 4. The smallest absolute Gasteiger partial charge is 0.339 e. The Morgan fingerprint density at radius 2 is 1.74 bits per heavy atom. The summed E-state index contributed by atoms with van der Waals surface area (Å²) in [6.45, 7) is 4.33. The van der Waals surface area contributed by atoms with Crippen molar-refractivity contribution in [3.05, 3.63) is 54.1 Å². The van der Waals surface area contributed by atoms with Gasteiger partial charge in [0.15, 0.2) is 0 Å². The largest absolute Gasteiger partial charge is 0.379 e. The normalized spacial score (nSPS) is 14.5. The van der Waals surface area contributed by atoms with Crippen LogP contribution in [0.2, 0.25) is 0 Å². The molecule has 1 saturated heterocycles. The molecule has 0 spiro atoms. The van der Waals surface area contributed by atoms with E-state index in [9.17, 15) is 13.2 Å². The van der Waals surface area contributed by atoms with Crippen molar-refractivity contribution >= 4 is 21.7 Å². The minimum absolute atomic E-state index is 0.0639. The van der Waals surface area contributed by atoms with Gasteiger partial charge in [0, 0.05) is 38.8 Å². The van der Waals surface area contributed by atoms with Gasteiger partial charge in [0.05, 0.1) is 11.6 Å². The van der Waals surface area contributed by atoms with Crippen LogP contribution in [0.5, 0.6) is 5.75 Å². The lowest BCUT2D eigenvalue weighted by Crippen LogP contribution is -2.48. The summed E-state index contributed by atoms with van der Waals surface area (Å²) in [4.78, 5) is 15.3. The lowest BCUT2D eigenvalue weighted by atomic mass is 10.2. The van der Waals surface area contributed by atoms with Gasteiger partial charge < -0.3 is 14.0 Å². The van der Waals surface area contributed by atoms with Gasteiger partial charge in [-0.1, -0.05) is 6.07 Å². The molecule has 1 aliphatic heterocycles. The van der Waals surface area contributed by atoms with Crippen LogP contribution in [-0.2, 0) is 14.9 Å². The Kier molecular flexibility index (Phi) is 5.33. The van der Waals surface area contributed by atoms with Crippen LogP contribution in [0.4, 0.5) is 5.69 Å². The van der Waals surface area contributed by atoms with Gasteiger partial charge in [-0.05, 0) is 42.5 Å². The Morgan fingerprint density at radius 1 is 1.07 bits per heavy atom. The van der Waals surface area contributed by atoms with E-state index in [2.05, 4.69) is 4.90 Å². The van der Waals surface area contributed by atoms with E-state index in [1.807, 2.05) is 6.07 Å². The molecule has 2 aromatic rings. The zero-order chi connectivity index (χ0) is 19.4. The third kappa shape index (κ3) is 4.38. The molecule has 1 amide bonds. The molecule has 2 aromatic carbocycles. The topological polar surface area (TPSA) is 90.7 Å². The highest BCUT2D eigenvalue weighted by atomic mass is 32.2. The summed E-state index contributed by atoms with van der Waals surface area (Å²) in [6.07, 6.45) is 0. The molecule has 140 valence electrons. The first-order valence-corrected chi connectivity index (χ1v) is 9.85. The fourth-order valence-electron chi connectivity index (χ4n) is 2.89. The predicted molar refractivity (Wildman–Crippen MR) is 99.9 cm³/mol. The summed E-state index contributed by atoms with van der Waals surface area (Å²) in [5.74, 6) is 0.271. The fourth-order valence-corrected chi connectivity index (χ4v) is 3.87. The van der Waals surface area contributed by atoms with Crippen LogP contribution < -0.4 is 9.08 Å². The van der Waals surface area contributed by atoms with Crippen molar-refractivity contribution in [2.45, 2.75) is 11.8 Å². The molecule has 0 saturated carbocycles. The molecule has 7 nitrogen and oxygen atoms in total. The van der Waals surface area contributed by atoms with Gasteiger partial charge in [-0.2, -0.15) is 13.7 Å².